The van der Waals surface area contributed by atoms with Crippen LogP contribution >= 0.6 is 0 Å². The lowest BCUT2D eigenvalue weighted by Crippen LogP contribution is -2.34. The highest BCUT2D eigenvalue weighted by Crippen LogP contribution is 2.16. The van der Waals surface area contributed by atoms with Crippen molar-refractivity contribution in [2.75, 3.05) is 10.6 Å². The van der Waals surface area contributed by atoms with Gasteiger partial charge in [0, 0.05) is 17.4 Å². The van der Waals surface area contributed by atoms with Crippen LogP contribution in [-0.2, 0) is 0 Å². The first-order valence-corrected chi connectivity index (χ1v) is 7.29. The fourth-order valence-electron chi connectivity index (χ4n) is 1.94. The van der Waals surface area contributed by atoms with Crippen LogP contribution in [0.2, 0.25) is 0 Å². The highest BCUT2D eigenvalue weighted by molar-refractivity contribution is 6.04. The molecule has 0 unspecified atom stereocenters. The molecule has 0 aromatic heterocycles. The summed E-state index contributed by atoms with van der Waals surface area (Å²) in [6.07, 6.45) is 0. The molecule has 7 heteroatoms. The molecule has 5 nitrogen and oxygen atoms in total. The van der Waals surface area contributed by atoms with Crippen LogP contribution in [0.5, 0.6) is 0 Å². The van der Waals surface area contributed by atoms with Crippen LogP contribution in [0.4, 0.5) is 25.0 Å². The predicted molar refractivity (Wildman–Crippen MR) is 88.0 cm³/mol. The van der Waals surface area contributed by atoms with Crippen molar-refractivity contribution in [2.45, 2.75) is 19.9 Å². The summed E-state index contributed by atoms with van der Waals surface area (Å²) in [6, 6.07) is 8.57. The Morgan fingerprint density at radius 1 is 0.917 bits per heavy atom. The summed E-state index contributed by atoms with van der Waals surface area (Å²) < 4.78 is 26.7. The lowest BCUT2D eigenvalue weighted by atomic mass is 10.2. The number of carbonyl (C=O) groups excluding carboxylic acids is 2. The van der Waals surface area contributed by atoms with Crippen LogP contribution in [0, 0.1) is 11.6 Å². The Labute approximate surface area is 138 Å². The average Bonchev–Trinajstić information content (AvgIpc) is 2.50. The molecule has 0 heterocycles. The SMILES string of the molecule is CC(C)NC(=O)Nc1ccc(NC(=O)c2cc(F)ccc2F)cc1. The lowest BCUT2D eigenvalue weighted by Gasteiger charge is -2.11. The van der Waals surface area contributed by atoms with Crippen molar-refractivity contribution in [3.63, 3.8) is 0 Å². The molecule has 0 saturated carbocycles. The zero-order valence-corrected chi connectivity index (χ0v) is 13.2. The zero-order chi connectivity index (χ0) is 17.7. The molecule has 0 atom stereocenters. The van der Waals surface area contributed by atoms with E-state index in [-0.39, 0.29) is 17.6 Å². The normalized spacial score (nSPS) is 10.4. The molecule has 0 aliphatic heterocycles. The highest BCUT2D eigenvalue weighted by Gasteiger charge is 2.13. The first-order chi connectivity index (χ1) is 11.3. The van der Waals surface area contributed by atoms with Gasteiger partial charge >= 0.3 is 6.03 Å². The van der Waals surface area contributed by atoms with Gasteiger partial charge in [-0.15, -0.1) is 0 Å². The number of amides is 3. The number of carbonyl (C=O) groups is 2. The summed E-state index contributed by atoms with van der Waals surface area (Å²) in [5.41, 5.74) is 0.537. The molecule has 3 N–H and O–H groups in total. The van der Waals surface area contributed by atoms with Crippen LogP contribution in [0.1, 0.15) is 24.2 Å². The second kappa shape index (κ2) is 7.54. The molecule has 2 aromatic carbocycles. The smallest absolute Gasteiger partial charge is 0.319 e. The molecule has 2 rings (SSSR count). The zero-order valence-electron chi connectivity index (χ0n) is 13.2. The van der Waals surface area contributed by atoms with Gasteiger partial charge in [-0.2, -0.15) is 0 Å². The minimum Gasteiger partial charge on any atom is -0.336 e. The maximum absolute atomic E-state index is 13.6. The first kappa shape index (κ1) is 17.4. The van der Waals surface area contributed by atoms with E-state index in [2.05, 4.69) is 16.0 Å². The molecule has 0 fully saturated rings. The fraction of sp³-hybridized carbons (Fsp3) is 0.176. The molecular weight excluding hydrogens is 316 g/mol. The minimum absolute atomic E-state index is 0.00438. The third-order valence-electron chi connectivity index (χ3n) is 2.99. The Bertz CT molecular complexity index is 746. The van der Waals surface area contributed by atoms with Gasteiger partial charge in [-0.3, -0.25) is 4.79 Å². The van der Waals surface area contributed by atoms with E-state index in [1.165, 1.54) is 0 Å². The monoisotopic (exact) mass is 333 g/mol. The van der Waals surface area contributed by atoms with Crippen molar-refractivity contribution in [3.05, 3.63) is 59.7 Å². The maximum atomic E-state index is 13.6. The van der Waals surface area contributed by atoms with Crippen molar-refractivity contribution in [3.8, 4) is 0 Å². The van der Waals surface area contributed by atoms with Gasteiger partial charge in [-0.1, -0.05) is 0 Å². The number of anilines is 2. The van der Waals surface area contributed by atoms with E-state index >= 15 is 0 Å². The predicted octanol–water partition coefficient (Wildman–Crippen LogP) is 3.75. The van der Waals surface area contributed by atoms with Crippen LogP contribution < -0.4 is 16.0 Å². The lowest BCUT2D eigenvalue weighted by molar-refractivity contribution is 0.102. The van der Waals surface area contributed by atoms with Crippen LogP contribution in [0.15, 0.2) is 42.5 Å². The Kier molecular flexibility index (Phi) is 5.47. The van der Waals surface area contributed by atoms with E-state index in [0.29, 0.717) is 11.4 Å². The van der Waals surface area contributed by atoms with Crippen LogP contribution in [0.25, 0.3) is 0 Å². The van der Waals surface area contributed by atoms with E-state index in [1.54, 1.807) is 24.3 Å². The summed E-state index contributed by atoms with van der Waals surface area (Å²) in [4.78, 5) is 23.5. The molecule has 0 aliphatic rings. The molecule has 3 amide bonds. The van der Waals surface area contributed by atoms with Gasteiger partial charge in [-0.25, -0.2) is 13.6 Å². The van der Waals surface area contributed by atoms with Crippen LogP contribution in [-0.4, -0.2) is 18.0 Å². The highest BCUT2D eigenvalue weighted by atomic mass is 19.1. The van der Waals surface area contributed by atoms with Gasteiger partial charge in [0.05, 0.1) is 5.56 Å². The molecule has 2 aromatic rings. The quantitative estimate of drug-likeness (QED) is 0.797. The van der Waals surface area contributed by atoms with Crippen molar-refractivity contribution in [1.82, 2.24) is 5.32 Å². The number of hydrogen-bond acceptors (Lipinski definition) is 2. The van der Waals surface area contributed by atoms with Crippen LogP contribution in [0.3, 0.4) is 0 Å². The number of urea groups is 1. The van der Waals surface area contributed by atoms with Gasteiger partial charge in [0.15, 0.2) is 0 Å². The number of nitrogens with one attached hydrogen (secondary N) is 3. The Morgan fingerprint density at radius 2 is 1.50 bits per heavy atom. The second-order valence-electron chi connectivity index (χ2n) is 5.41. The minimum atomic E-state index is -0.808. The standard InChI is InChI=1S/C17H17F2N3O2/c1-10(2)20-17(24)22-13-6-4-12(5-7-13)21-16(23)14-9-11(18)3-8-15(14)19/h3-10H,1-2H3,(H,21,23)(H2,20,22,24). The van der Waals surface area contributed by atoms with Gasteiger partial charge in [0.1, 0.15) is 11.6 Å². The van der Waals surface area contributed by atoms with Gasteiger partial charge in [0.2, 0.25) is 0 Å². The van der Waals surface area contributed by atoms with Crippen molar-refractivity contribution >= 4 is 23.3 Å². The van der Waals surface area contributed by atoms with Crippen molar-refractivity contribution < 1.29 is 18.4 Å². The molecule has 24 heavy (non-hydrogen) atoms. The van der Waals surface area contributed by atoms with Crippen molar-refractivity contribution in [2.24, 2.45) is 0 Å². The van der Waals surface area contributed by atoms with Gasteiger partial charge in [0.25, 0.3) is 5.91 Å². The Morgan fingerprint density at radius 3 is 2.08 bits per heavy atom. The molecule has 126 valence electrons. The second-order valence-corrected chi connectivity index (χ2v) is 5.41. The number of halogens is 2. The molecule has 0 aliphatic carbocycles. The van der Waals surface area contributed by atoms with E-state index in [9.17, 15) is 18.4 Å². The molecule has 0 radical (unpaired) electrons. The molecule has 0 spiro atoms. The third kappa shape index (κ3) is 4.77. The largest absolute Gasteiger partial charge is 0.336 e. The van der Waals surface area contributed by atoms with E-state index in [0.717, 1.165) is 18.2 Å². The number of hydrogen-bond donors (Lipinski definition) is 3. The molecule has 0 bridgehead atoms. The summed E-state index contributed by atoms with van der Waals surface area (Å²) in [5.74, 6) is -2.26. The van der Waals surface area contributed by atoms with Gasteiger partial charge < -0.3 is 16.0 Å². The number of benzene rings is 2. The summed E-state index contributed by atoms with van der Waals surface area (Å²) in [6.45, 7) is 3.67. The maximum Gasteiger partial charge on any atom is 0.319 e. The van der Waals surface area contributed by atoms with Crippen molar-refractivity contribution in [1.29, 1.82) is 0 Å². The van der Waals surface area contributed by atoms with Gasteiger partial charge in [-0.05, 0) is 56.3 Å². The van der Waals surface area contributed by atoms with E-state index in [4.69, 9.17) is 0 Å². The average molecular weight is 333 g/mol. The third-order valence-corrected chi connectivity index (χ3v) is 2.99. The Balaban J connectivity index is 2.02. The van der Waals surface area contributed by atoms with E-state index in [1.807, 2.05) is 13.8 Å². The number of rotatable bonds is 4. The molecular formula is C17H17F2N3O2. The summed E-state index contributed by atoms with van der Waals surface area (Å²) in [7, 11) is 0. The fourth-order valence-corrected chi connectivity index (χ4v) is 1.94. The topological polar surface area (TPSA) is 70.2 Å². The first-order valence-electron chi connectivity index (χ1n) is 7.29. The van der Waals surface area contributed by atoms with E-state index < -0.39 is 17.5 Å². The summed E-state index contributed by atoms with van der Waals surface area (Å²) in [5, 5.41) is 7.77. The Hall–Kier alpha value is -2.96. The molecule has 0 saturated heterocycles. The summed E-state index contributed by atoms with van der Waals surface area (Å²) >= 11 is 0.